The maximum atomic E-state index is 5.64. The molecule has 90 valence electrons. The molecule has 0 aromatic carbocycles. The summed E-state index contributed by atoms with van der Waals surface area (Å²) >= 11 is 0. The molecule has 1 aliphatic heterocycles. The molecule has 1 heterocycles. The third kappa shape index (κ3) is 5.50. The molecule has 15 heavy (non-hydrogen) atoms. The Labute approximate surface area is 94.0 Å². The first-order chi connectivity index (χ1) is 7.36. The first-order valence-electron chi connectivity index (χ1n) is 6.37. The van der Waals surface area contributed by atoms with E-state index in [0.29, 0.717) is 0 Å². The van der Waals surface area contributed by atoms with Crippen molar-refractivity contribution in [2.45, 2.75) is 32.6 Å². The lowest BCUT2D eigenvalue weighted by Crippen LogP contribution is -2.36. The van der Waals surface area contributed by atoms with E-state index in [1.54, 1.807) is 0 Å². The van der Waals surface area contributed by atoms with E-state index in [1.807, 2.05) is 0 Å². The number of nitrogens with zero attached hydrogens (tertiary/aromatic N) is 1. The fourth-order valence-electron chi connectivity index (χ4n) is 2.15. The van der Waals surface area contributed by atoms with Gasteiger partial charge in [-0.25, -0.2) is 0 Å². The van der Waals surface area contributed by atoms with E-state index in [0.717, 1.165) is 32.2 Å². The van der Waals surface area contributed by atoms with Crippen LogP contribution in [0.5, 0.6) is 0 Å². The Bertz CT molecular complexity index is 147. The third-order valence-electron chi connectivity index (χ3n) is 3.13. The maximum absolute atomic E-state index is 5.64. The van der Waals surface area contributed by atoms with Gasteiger partial charge in [0.2, 0.25) is 0 Å². The molecule has 2 N–H and O–H groups in total. The quantitative estimate of drug-likeness (QED) is 0.697. The van der Waals surface area contributed by atoms with Crippen LogP contribution in [0.1, 0.15) is 32.6 Å². The van der Waals surface area contributed by atoms with Crippen LogP contribution in [0, 0.1) is 5.92 Å². The molecule has 1 aliphatic rings. The molecule has 1 rings (SSSR count). The fourth-order valence-corrected chi connectivity index (χ4v) is 2.15. The van der Waals surface area contributed by atoms with Gasteiger partial charge in [-0.1, -0.05) is 13.3 Å². The molecular formula is C12H26N2O. The Morgan fingerprint density at radius 3 is 2.60 bits per heavy atom. The lowest BCUT2D eigenvalue weighted by Gasteiger charge is -2.29. The maximum Gasteiger partial charge on any atom is 0.0469 e. The molecule has 3 heteroatoms. The van der Waals surface area contributed by atoms with Crippen LogP contribution in [-0.2, 0) is 4.74 Å². The van der Waals surface area contributed by atoms with Crippen molar-refractivity contribution in [3.63, 3.8) is 0 Å². The van der Waals surface area contributed by atoms with Gasteiger partial charge in [-0.2, -0.15) is 0 Å². The summed E-state index contributed by atoms with van der Waals surface area (Å²) in [6, 6.07) is 0. The van der Waals surface area contributed by atoms with Crippen molar-refractivity contribution < 1.29 is 4.74 Å². The summed E-state index contributed by atoms with van der Waals surface area (Å²) in [5.41, 5.74) is 5.64. The average Bonchev–Trinajstić information content (AvgIpc) is 2.28. The summed E-state index contributed by atoms with van der Waals surface area (Å²) in [4.78, 5) is 2.53. The largest absolute Gasteiger partial charge is 0.381 e. The highest BCUT2D eigenvalue weighted by Gasteiger charge is 2.16. The topological polar surface area (TPSA) is 38.5 Å². The predicted octanol–water partition coefficient (Wildman–Crippen LogP) is 1.47. The van der Waals surface area contributed by atoms with Gasteiger partial charge in [0.1, 0.15) is 0 Å². The zero-order valence-corrected chi connectivity index (χ0v) is 10.1. The Hall–Kier alpha value is -0.120. The Kier molecular flexibility index (Phi) is 6.98. The van der Waals surface area contributed by atoms with Gasteiger partial charge in [0.15, 0.2) is 0 Å². The van der Waals surface area contributed by atoms with Crippen LogP contribution < -0.4 is 5.73 Å². The summed E-state index contributed by atoms with van der Waals surface area (Å²) < 4.78 is 5.38. The molecule has 3 nitrogen and oxygen atoms in total. The van der Waals surface area contributed by atoms with Crippen molar-refractivity contribution in [1.29, 1.82) is 0 Å². The van der Waals surface area contributed by atoms with E-state index in [9.17, 15) is 0 Å². The standard InChI is InChI=1S/C12H26N2O/c1-2-3-7-14(8-6-13)11-12-4-9-15-10-5-12/h12H,2-11,13H2,1H3. The minimum atomic E-state index is 0.785. The van der Waals surface area contributed by atoms with Gasteiger partial charge >= 0.3 is 0 Å². The van der Waals surface area contributed by atoms with Crippen molar-refractivity contribution in [1.82, 2.24) is 4.90 Å². The zero-order valence-electron chi connectivity index (χ0n) is 10.1. The normalized spacial score (nSPS) is 18.6. The number of hydrogen-bond donors (Lipinski definition) is 1. The Balaban J connectivity index is 2.21. The molecule has 0 unspecified atom stereocenters. The highest BCUT2D eigenvalue weighted by atomic mass is 16.5. The molecule has 0 bridgehead atoms. The number of unbranched alkanes of at least 4 members (excludes halogenated alkanes) is 1. The van der Waals surface area contributed by atoms with Gasteiger partial charge in [-0.3, -0.25) is 0 Å². The molecule has 0 amide bonds. The number of rotatable bonds is 7. The molecule has 0 atom stereocenters. The summed E-state index contributed by atoms with van der Waals surface area (Å²) in [7, 11) is 0. The van der Waals surface area contributed by atoms with E-state index in [2.05, 4.69) is 11.8 Å². The van der Waals surface area contributed by atoms with Gasteiger partial charge in [0.05, 0.1) is 0 Å². The molecule has 0 aromatic rings. The lowest BCUT2D eigenvalue weighted by molar-refractivity contribution is 0.0527. The van der Waals surface area contributed by atoms with E-state index < -0.39 is 0 Å². The summed E-state index contributed by atoms with van der Waals surface area (Å²) in [5.74, 6) is 0.835. The highest BCUT2D eigenvalue weighted by molar-refractivity contribution is 4.69. The van der Waals surface area contributed by atoms with Crippen LogP contribution in [-0.4, -0.2) is 44.3 Å². The van der Waals surface area contributed by atoms with Gasteiger partial charge in [-0.05, 0) is 31.7 Å². The van der Waals surface area contributed by atoms with Crippen LogP contribution in [0.15, 0.2) is 0 Å². The van der Waals surface area contributed by atoms with Crippen molar-refractivity contribution in [2.24, 2.45) is 11.7 Å². The second kappa shape index (κ2) is 8.08. The molecule has 1 fully saturated rings. The molecule has 0 spiro atoms. The first-order valence-corrected chi connectivity index (χ1v) is 6.37. The minimum absolute atomic E-state index is 0.785. The van der Waals surface area contributed by atoms with Crippen molar-refractivity contribution in [3.05, 3.63) is 0 Å². The fraction of sp³-hybridized carbons (Fsp3) is 1.00. The summed E-state index contributed by atoms with van der Waals surface area (Å²) in [6.45, 7) is 8.43. The smallest absolute Gasteiger partial charge is 0.0469 e. The minimum Gasteiger partial charge on any atom is -0.381 e. The van der Waals surface area contributed by atoms with Crippen molar-refractivity contribution in [2.75, 3.05) is 39.4 Å². The van der Waals surface area contributed by atoms with E-state index in [4.69, 9.17) is 10.5 Å². The number of nitrogens with two attached hydrogens (primary N) is 1. The van der Waals surface area contributed by atoms with E-state index >= 15 is 0 Å². The van der Waals surface area contributed by atoms with Crippen LogP contribution >= 0.6 is 0 Å². The monoisotopic (exact) mass is 214 g/mol. The second-order valence-corrected chi connectivity index (χ2v) is 4.50. The molecule has 0 aliphatic carbocycles. The molecule has 1 saturated heterocycles. The Morgan fingerprint density at radius 1 is 1.27 bits per heavy atom. The molecular weight excluding hydrogens is 188 g/mol. The van der Waals surface area contributed by atoms with E-state index in [1.165, 1.54) is 38.8 Å². The van der Waals surface area contributed by atoms with Crippen LogP contribution in [0.25, 0.3) is 0 Å². The van der Waals surface area contributed by atoms with Gasteiger partial charge in [-0.15, -0.1) is 0 Å². The van der Waals surface area contributed by atoms with Crippen molar-refractivity contribution in [3.8, 4) is 0 Å². The molecule has 0 radical (unpaired) electrons. The van der Waals surface area contributed by atoms with Crippen LogP contribution in [0.2, 0.25) is 0 Å². The van der Waals surface area contributed by atoms with Gasteiger partial charge in [0.25, 0.3) is 0 Å². The van der Waals surface area contributed by atoms with Gasteiger partial charge < -0.3 is 15.4 Å². The SMILES string of the molecule is CCCCN(CCN)CC1CCOCC1. The molecule has 0 saturated carbocycles. The zero-order chi connectivity index (χ0) is 10.9. The second-order valence-electron chi connectivity index (χ2n) is 4.50. The van der Waals surface area contributed by atoms with Crippen molar-refractivity contribution >= 4 is 0 Å². The Morgan fingerprint density at radius 2 is 2.00 bits per heavy atom. The predicted molar refractivity (Wildman–Crippen MR) is 63.9 cm³/mol. The highest BCUT2D eigenvalue weighted by Crippen LogP contribution is 2.16. The lowest BCUT2D eigenvalue weighted by atomic mass is 9.99. The average molecular weight is 214 g/mol. The molecule has 0 aromatic heterocycles. The van der Waals surface area contributed by atoms with Gasteiger partial charge in [0, 0.05) is 32.8 Å². The van der Waals surface area contributed by atoms with Crippen LogP contribution in [0.3, 0.4) is 0 Å². The number of ether oxygens (including phenoxy) is 1. The van der Waals surface area contributed by atoms with E-state index in [-0.39, 0.29) is 0 Å². The number of hydrogen-bond acceptors (Lipinski definition) is 3. The summed E-state index contributed by atoms with van der Waals surface area (Å²) in [6.07, 6.45) is 5.03. The third-order valence-corrected chi connectivity index (χ3v) is 3.13. The van der Waals surface area contributed by atoms with Crippen LogP contribution in [0.4, 0.5) is 0 Å². The summed E-state index contributed by atoms with van der Waals surface area (Å²) in [5, 5.41) is 0. The first kappa shape index (κ1) is 12.9.